The van der Waals surface area contributed by atoms with Crippen LogP contribution >= 0.6 is 11.3 Å². The number of thiazole rings is 1. The summed E-state index contributed by atoms with van der Waals surface area (Å²) in [7, 11) is -3.76. The quantitative estimate of drug-likeness (QED) is 0.479. The second kappa shape index (κ2) is 9.92. The largest absolute Gasteiger partial charge is 0.466 e. The zero-order chi connectivity index (χ0) is 23.3. The molecule has 0 aliphatic rings. The van der Waals surface area contributed by atoms with Crippen LogP contribution in [0.4, 0.5) is 10.8 Å². The second-order valence-corrected chi connectivity index (χ2v) is 9.54. The topological polar surface area (TPSA) is 114 Å². The SMILES string of the molecule is CCOC(=O)Cc1csc(NC(=O)c2ccc(NS(=O)(=O)c3cc(C)ccc3C)cc2)n1. The van der Waals surface area contributed by atoms with Gasteiger partial charge in [0.2, 0.25) is 0 Å². The minimum Gasteiger partial charge on any atom is -0.466 e. The van der Waals surface area contributed by atoms with Crippen LogP contribution in [0.15, 0.2) is 52.7 Å². The van der Waals surface area contributed by atoms with Crippen LogP contribution < -0.4 is 10.0 Å². The standard InChI is InChI=1S/C22H23N3O5S2/c1-4-30-20(26)12-18-13-31-22(23-18)24-21(27)16-7-9-17(10-8-16)25-32(28,29)19-11-14(2)5-6-15(19)3/h5-11,13,25H,4,12H2,1-3H3,(H,23,24,27). The fourth-order valence-corrected chi connectivity index (χ4v) is 4.97. The third-order valence-electron chi connectivity index (χ3n) is 4.44. The molecule has 2 aromatic carbocycles. The zero-order valence-corrected chi connectivity index (χ0v) is 19.5. The van der Waals surface area contributed by atoms with Gasteiger partial charge in [-0.05, 0) is 62.2 Å². The van der Waals surface area contributed by atoms with E-state index in [1.54, 1.807) is 31.4 Å². The van der Waals surface area contributed by atoms with E-state index in [1.807, 2.05) is 13.0 Å². The number of aryl methyl sites for hydroxylation is 2. The molecule has 1 aromatic heterocycles. The summed E-state index contributed by atoms with van der Waals surface area (Å²) >= 11 is 1.20. The molecule has 0 aliphatic carbocycles. The highest BCUT2D eigenvalue weighted by Crippen LogP contribution is 2.22. The number of hydrogen-bond acceptors (Lipinski definition) is 7. The number of ether oxygens (including phenoxy) is 1. The summed E-state index contributed by atoms with van der Waals surface area (Å²) in [6, 6.07) is 11.3. The first-order valence-corrected chi connectivity index (χ1v) is 12.2. The van der Waals surface area contributed by atoms with Gasteiger partial charge in [0.1, 0.15) is 0 Å². The number of carbonyl (C=O) groups is 2. The summed E-state index contributed by atoms with van der Waals surface area (Å²) in [4.78, 5) is 28.4. The summed E-state index contributed by atoms with van der Waals surface area (Å²) in [5.74, 6) is -0.777. The van der Waals surface area contributed by atoms with Crippen LogP contribution in [0.1, 0.15) is 34.1 Å². The van der Waals surface area contributed by atoms with Crippen molar-refractivity contribution < 1.29 is 22.7 Å². The van der Waals surface area contributed by atoms with E-state index < -0.39 is 15.9 Å². The van der Waals surface area contributed by atoms with Gasteiger partial charge in [-0.3, -0.25) is 19.6 Å². The first kappa shape index (κ1) is 23.4. The Kier molecular flexibility index (Phi) is 7.26. The number of carbonyl (C=O) groups excluding carboxylic acids is 2. The number of sulfonamides is 1. The Morgan fingerprint density at radius 2 is 1.81 bits per heavy atom. The van der Waals surface area contributed by atoms with Crippen LogP contribution in [0.5, 0.6) is 0 Å². The van der Waals surface area contributed by atoms with Crippen molar-refractivity contribution in [2.45, 2.75) is 32.1 Å². The number of hydrogen-bond donors (Lipinski definition) is 2. The molecule has 3 aromatic rings. The lowest BCUT2D eigenvalue weighted by Crippen LogP contribution is -2.15. The number of amides is 1. The monoisotopic (exact) mass is 473 g/mol. The molecule has 2 N–H and O–H groups in total. The maximum Gasteiger partial charge on any atom is 0.311 e. The van der Waals surface area contributed by atoms with Gasteiger partial charge >= 0.3 is 5.97 Å². The van der Waals surface area contributed by atoms with E-state index in [0.717, 1.165) is 5.56 Å². The molecular formula is C22H23N3O5S2. The van der Waals surface area contributed by atoms with E-state index in [0.29, 0.717) is 34.2 Å². The lowest BCUT2D eigenvalue weighted by atomic mass is 10.2. The third-order valence-corrected chi connectivity index (χ3v) is 6.77. The maximum absolute atomic E-state index is 12.7. The average molecular weight is 474 g/mol. The van der Waals surface area contributed by atoms with E-state index in [9.17, 15) is 18.0 Å². The van der Waals surface area contributed by atoms with Gasteiger partial charge < -0.3 is 4.74 Å². The Morgan fingerprint density at radius 1 is 1.09 bits per heavy atom. The summed E-state index contributed by atoms with van der Waals surface area (Å²) in [6.45, 7) is 5.58. The number of nitrogens with one attached hydrogen (secondary N) is 2. The fraction of sp³-hybridized carbons (Fsp3) is 0.227. The number of nitrogens with zero attached hydrogens (tertiary/aromatic N) is 1. The number of rotatable bonds is 8. The van der Waals surface area contributed by atoms with E-state index in [1.165, 1.54) is 35.6 Å². The molecule has 0 spiro atoms. The number of aromatic nitrogens is 1. The molecule has 0 aliphatic heterocycles. The normalized spacial score (nSPS) is 11.1. The third kappa shape index (κ3) is 5.92. The summed E-state index contributed by atoms with van der Waals surface area (Å²) in [6.07, 6.45) is 0.0372. The van der Waals surface area contributed by atoms with Gasteiger partial charge in [-0.2, -0.15) is 0 Å². The molecule has 0 atom stereocenters. The van der Waals surface area contributed by atoms with Gasteiger partial charge in [-0.1, -0.05) is 12.1 Å². The summed E-state index contributed by atoms with van der Waals surface area (Å²) in [5.41, 5.74) is 2.68. The molecule has 1 heterocycles. The molecular weight excluding hydrogens is 450 g/mol. The Hall–Kier alpha value is -3.24. The predicted molar refractivity (Wildman–Crippen MR) is 124 cm³/mol. The predicted octanol–water partition coefficient (Wildman–Crippen LogP) is 3.92. The Bertz CT molecular complexity index is 1230. The van der Waals surface area contributed by atoms with Crippen molar-refractivity contribution in [3.8, 4) is 0 Å². The molecule has 0 unspecified atom stereocenters. The smallest absolute Gasteiger partial charge is 0.311 e. The van der Waals surface area contributed by atoms with Gasteiger partial charge in [-0.25, -0.2) is 13.4 Å². The Labute approximate surface area is 190 Å². The first-order chi connectivity index (χ1) is 15.2. The van der Waals surface area contributed by atoms with Crippen LogP contribution in [-0.4, -0.2) is 31.9 Å². The minimum atomic E-state index is -3.76. The first-order valence-electron chi connectivity index (χ1n) is 9.79. The lowest BCUT2D eigenvalue weighted by molar-refractivity contribution is -0.142. The van der Waals surface area contributed by atoms with Crippen molar-refractivity contribution in [1.29, 1.82) is 0 Å². The van der Waals surface area contributed by atoms with Gasteiger partial charge in [0.25, 0.3) is 15.9 Å². The van der Waals surface area contributed by atoms with Crippen molar-refractivity contribution in [1.82, 2.24) is 4.98 Å². The molecule has 0 saturated heterocycles. The molecule has 1 amide bonds. The van der Waals surface area contributed by atoms with E-state index in [4.69, 9.17) is 4.74 Å². The van der Waals surface area contributed by atoms with Crippen LogP contribution in [-0.2, 0) is 26.0 Å². The maximum atomic E-state index is 12.7. The van der Waals surface area contributed by atoms with Crippen molar-refractivity contribution in [2.75, 3.05) is 16.6 Å². The Morgan fingerprint density at radius 3 is 2.50 bits per heavy atom. The Balaban J connectivity index is 1.65. The fourth-order valence-electron chi connectivity index (χ4n) is 2.87. The van der Waals surface area contributed by atoms with Gasteiger partial charge in [0.15, 0.2) is 5.13 Å². The molecule has 0 fully saturated rings. The second-order valence-electron chi connectivity index (χ2n) is 7.03. The molecule has 0 radical (unpaired) electrons. The van der Waals surface area contributed by atoms with Gasteiger partial charge in [-0.15, -0.1) is 11.3 Å². The number of anilines is 2. The summed E-state index contributed by atoms with van der Waals surface area (Å²) in [5, 5.41) is 4.70. The molecule has 0 bridgehead atoms. The molecule has 3 rings (SSSR count). The molecule has 10 heteroatoms. The van der Waals surface area contributed by atoms with Crippen LogP contribution in [0.25, 0.3) is 0 Å². The lowest BCUT2D eigenvalue weighted by Gasteiger charge is -2.11. The van der Waals surface area contributed by atoms with Crippen molar-refractivity contribution >= 4 is 44.1 Å². The molecule has 8 nitrogen and oxygen atoms in total. The van der Waals surface area contributed by atoms with E-state index in [-0.39, 0.29) is 17.3 Å². The van der Waals surface area contributed by atoms with E-state index >= 15 is 0 Å². The van der Waals surface area contributed by atoms with Crippen molar-refractivity contribution in [3.05, 3.63) is 70.2 Å². The summed E-state index contributed by atoms with van der Waals surface area (Å²) < 4.78 is 32.9. The van der Waals surface area contributed by atoms with Crippen molar-refractivity contribution in [2.24, 2.45) is 0 Å². The van der Waals surface area contributed by atoms with Crippen molar-refractivity contribution in [3.63, 3.8) is 0 Å². The number of benzene rings is 2. The van der Waals surface area contributed by atoms with Gasteiger partial charge in [0, 0.05) is 16.6 Å². The zero-order valence-electron chi connectivity index (χ0n) is 17.8. The molecule has 0 saturated carbocycles. The minimum absolute atomic E-state index is 0.0372. The number of esters is 1. The van der Waals surface area contributed by atoms with Gasteiger partial charge in [0.05, 0.1) is 23.6 Å². The van der Waals surface area contributed by atoms with Crippen LogP contribution in [0.2, 0.25) is 0 Å². The average Bonchev–Trinajstić information content (AvgIpc) is 3.16. The van der Waals surface area contributed by atoms with E-state index in [2.05, 4.69) is 15.0 Å². The molecule has 32 heavy (non-hydrogen) atoms. The molecule has 168 valence electrons. The van der Waals surface area contributed by atoms with Crippen LogP contribution in [0, 0.1) is 13.8 Å². The highest BCUT2D eigenvalue weighted by atomic mass is 32.2. The highest BCUT2D eigenvalue weighted by molar-refractivity contribution is 7.92. The highest BCUT2D eigenvalue weighted by Gasteiger charge is 2.18. The van der Waals surface area contributed by atoms with Crippen LogP contribution in [0.3, 0.4) is 0 Å².